The number of benzene rings is 1. The van der Waals surface area contributed by atoms with Gasteiger partial charge in [-0.05, 0) is 23.8 Å². The molecule has 0 saturated carbocycles. The lowest BCUT2D eigenvalue weighted by Crippen LogP contribution is -2.45. The first-order valence-electron chi connectivity index (χ1n) is 9.26. The minimum Gasteiger partial charge on any atom is -0.486 e. The first-order chi connectivity index (χ1) is 12.7. The van der Waals surface area contributed by atoms with Gasteiger partial charge in [0.05, 0.1) is 11.4 Å². The molecule has 0 atom stereocenters. The van der Waals surface area contributed by atoms with E-state index in [-0.39, 0.29) is 0 Å². The van der Waals surface area contributed by atoms with Gasteiger partial charge < -0.3 is 15.2 Å². The van der Waals surface area contributed by atoms with Crippen LogP contribution in [0.4, 0.5) is 0 Å². The summed E-state index contributed by atoms with van der Waals surface area (Å²) < 4.78 is 13.2. The van der Waals surface area contributed by atoms with E-state index in [4.69, 9.17) is 15.2 Å². The predicted octanol–water partition coefficient (Wildman–Crippen LogP) is 0.968. The molecule has 2 aliphatic rings. The van der Waals surface area contributed by atoms with Crippen LogP contribution in [0.5, 0.6) is 11.5 Å². The van der Waals surface area contributed by atoms with Crippen molar-refractivity contribution in [1.82, 2.24) is 19.6 Å². The molecular weight excluding hydrogens is 330 g/mol. The molecule has 0 bridgehead atoms. The Balaban J connectivity index is 1.30. The second kappa shape index (κ2) is 7.65. The van der Waals surface area contributed by atoms with Crippen LogP contribution in [-0.4, -0.2) is 59.0 Å². The lowest BCUT2D eigenvalue weighted by Gasteiger charge is -2.34. The van der Waals surface area contributed by atoms with Gasteiger partial charge in [-0.25, -0.2) is 0 Å². The first-order valence-corrected chi connectivity index (χ1v) is 9.26. The number of hydrogen-bond acceptors (Lipinski definition) is 6. The number of nitrogens with zero attached hydrogens (tertiary/aromatic N) is 4. The molecule has 0 spiro atoms. The second-order valence-corrected chi connectivity index (χ2v) is 6.99. The van der Waals surface area contributed by atoms with Gasteiger partial charge in [0.2, 0.25) is 0 Å². The summed E-state index contributed by atoms with van der Waals surface area (Å²) in [4.78, 5) is 4.98. The standard InChI is InChI=1S/C19H27N5O2/c1-22-17(11-16(12-20)21-22)14-24-6-4-23(5-7-24)13-15-2-3-18-19(10-15)26-9-8-25-18/h2-3,10-11H,4-9,12-14,20H2,1H3. The monoisotopic (exact) mass is 357 g/mol. The molecule has 2 N–H and O–H groups in total. The number of aromatic nitrogens is 2. The maximum Gasteiger partial charge on any atom is 0.161 e. The van der Waals surface area contributed by atoms with Gasteiger partial charge in [0.25, 0.3) is 0 Å². The van der Waals surface area contributed by atoms with Gasteiger partial charge in [0.15, 0.2) is 11.5 Å². The number of fused-ring (bicyclic) bond motifs is 1. The highest BCUT2D eigenvalue weighted by atomic mass is 16.6. The minimum atomic E-state index is 0.497. The van der Waals surface area contributed by atoms with E-state index < -0.39 is 0 Å². The minimum absolute atomic E-state index is 0.497. The van der Waals surface area contributed by atoms with E-state index in [0.29, 0.717) is 19.8 Å². The molecule has 7 nitrogen and oxygen atoms in total. The van der Waals surface area contributed by atoms with E-state index in [2.05, 4.69) is 33.1 Å². The van der Waals surface area contributed by atoms with Crippen molar-refractivity contribution in [3.63, 3.8) is 0 Å². The molecule has 140 valence electrons. The van der Waals surface area contributed by atoms with Crippen LogP contribution in [0.3, 0.4) is 0 Å². The van der Waals surface area contributed by atoms with Crippen molar-refractivity contribution in [2.24, 2.45) is 12.8 Å². The number of aryl methyl sites for hydroxylation is 1. The van der Waals surface area contributed by atoms with Gasteiger partial charge in [-0.2, -0.15) is 5.10 Å². The molecular formula is C19H27N5O2. The zero-order valence-corrected chi connectivity index (χ0v) is 15.4. The van der Waals surface area contributed by atoms with E-state index in [9.17, 15) is 0 Å². The average molecular weight is 357 g/mol. The fourth-order valence-electron chi connectivity index (χ4n) is 3.60. The predicted molar refractivity (Wildman–Crippen MR) is 99.1 cm³/mol. The van der Waals surface area contributed by atoms with E-state index in [1.165, 1.54) is 11.3 Å². The Labute approximate surface area is 154 Å². The molecule has 4 rings (SSSR count). The molecule has 0 unspecified atom stereocenters. The fourth-order valence-corrected chi connectivity index (χ4v) is 3.60. The van der Waals surface area contributed by atoms with Crippen LogP contribution in [0.1, 0.15) is 17.0 Å². The molecule has 1 saturated heterocycles. The molecule has 0 radical (unpaired) electrons. The fraction of sp³-hybridized carbons (Fsp3) is 0.526. The van der Waals surface area contributed by atoms with Gasteiger partial charge in [0, 0.05) is 52.9 Å². The average Bonchev–Trinajstić information content (AvgIpc) is 3.03. The Morgan fingerprint density at radius 3 is 2.35 bits per heavy atom. The van der Waals surface area contributed by atoms with Crippen molar-refractivity contribution in [3.8, 4) is 11.5 Å². The SMILES string of the molecule is Cn1nc(CN)cc1CN1CCN(Cc2ccc3c(c2)OCCO3)CC1. The lowest BCUT2D eigenvalue weighted by molar-refractivity contribution is 0.119. The van der Waals surface area contributed by atoms with Crippen LogP contribution >= 0.6 is 0 Å². The maximum absolute atomic E-state index is 5.69. The van der Waals surface area contributed by atoms with Crippen LogP contribution < -0.4 is 15.2 Å². The summed E-state index contributed by atoms with van der Waals surface area (Å²) in [5.41, 5.74) is 9.15. The van der Waals surface area contributed by atoms with Crippen LogP contribution in [0.25, 0.3) is 0 Å². The number of nitrogens with two attached hydrogens (primary N) is 1. The third-order valence-electron chi connectivity index (χ3n) is 5.10. The summed E-state index contributed by atoms with van der Waals surface area (Å²) in [7, 11) is 1.99. The van der Waals surface area contributed by atoms with E-state index in [1.54, 1.807) is 0 Å². The molecule has 0 aliphatic carbocycles. The molecule has 26 heavy (non-hydrogen) atoms. The Morgan fingerprint density at radius 2 is 1.65 bits per heavy atom. The second-order valence-electron chi connectivity index (χ2n) is 6.99. The highest BCUT2D eigenvalue weighted by molar-refractivity contribution is 5.43. The summed E-state index contributed by atoms with van der Waals surface area (Å²) in [6.07, 6.45) is 0. The van der Waals surface area contributed by atoms with Crippen LogP contribution in [0.2, 0.25) is 0 Å². The molecule has 2 aromatic rings. The first kappa shape index (κ1) is 17.3. The molecule has 0 amide bonds. The topological polar surface area (TPSA) is 68.8 Å². The summed E-state index contributed by atoms with van der Waals surface area (Å²) in [5, 5.41) is 4.43. The van der Waals surface area contributed by atoms with Gasteiger partial charge in [-0.1, -0.05) is 6.07 Å². The van der Waals surface area contributed by atoms with Gasteiger partial charge >= 0.3 is 0 Å². The Bertz CT molecular complexity index is 752. The van der Waals surface area contributed by atoms with E-state index in [1.807, 2.05) is 17.8 Å². The van der Waals surface area contributed by atoms with E-state index in [0.717, 1.165) is 56.5 Å². The van der Waals surface area contributed by atoms with Crippen molar-refractivity contribution in [2.75, 3.05) is 39.4 Å². The van der Waals surface area contributed by atoms with E-state index >= 15 is 0 Å². The number of piperazine rings is 1. The number of ether oxygens (including phenoxy) is 2. The van der Waals surface area contributed by atoms with Crippen LogP contribution in [0.15, 0.2) is 24.3 Å². The lowest BCUT2D eigenvalue weighted by atomic mass is 10.1. The number of hydrogen-bond donors (Lipinski definition) is 1. The molecule has 7 heteroatoms. The quantitative estimate of drug-likeness (QED) is 0.860. The summed E-state index contributed by atoms with van der Waals surface area (Å²) in [6, 6.07) is 8.40. The van der Waals surface area contributed by atoms with Crippen LogP contribution in [0, 0.1) is 0 Å². The van der Waals surface area contributed by atoms with Gasteiger partial charge in [-0.15, -0.1) is 0 Å². The Hall–Kier alpha value is -2.09. The Kier molecular flexibility index (Phi) is 5.10. The third-order valence-corrected chi connectivity index (χ3v) is 5.10. The largest absolute Gasteiger partial charge is 0.486 e. The van der Waals surface area contributed by atoms with Gasteiger partial charge in [-0.3, -0.25) is 14.5 Å². The zero-order valence-electron chi connectivity index (χ0n) is 15.4. The zero-order chi connectivity index (χ0) is 17.9. The van der Waals surface area contributed by atoms with Crippen molar-refractivity contribution >= 4 is 0 Å². The van der Waals surface area contributed by atoms with Crippen molar-refractivity contribution in [3.05, 3.63) is 41.2 Å². The van der Waals surface area contributed by atoms with Crippen molar-refractivity contribution in [1.29, 1.82) is 0 Å². The summed E-state index contributed by atoms with van der Waals surface area (Å²) >= 11 is 0. The Morgan fingerprint density at radius 1 is 0.962 bits per heavy atom. The van der Waals surface area contributed by atoms with Crippen molar-refractivity contribution < 1.29 is 9.47 Å². The van der Waals surface area contributed by atoms with Crippen molar-refractivity contribution in [2.45, 2.75) is 19.6 Å². The highest BCUT2D eigenvalue weighted by Gasteiger charge is 2.19. The summed E-state index contributed by atoms with van der Waals surface area (Å²) in [6.45, 7) is 7.91. The highest BCUT2D eigenvalue weighted by Crippen LogP contribution is 2.31. The van der Waals surface area contributed by atoms with Gasteiger partial charge in [0.1, 0.15) is 13.2 Å². The normalized spacial score (nSPS) is 18.2. The third kappa shape index (κ3) is 3.85. The molecule has 1 aromatic heterocycles. The maximum atomic E-state index is 5.69. The molecule has 1 aromatic carbocycles. The molecule has 3 heterocycles. The smallest absolute Gasteiger partial charge is 0.161 e. The van der Waals surface area contributed by atoms with Crippen LogP contribution in [-0.2, 0) is 26.7 Å². The number of rotatable bonds is 5. The summed E-state index contributed by atoms with van der Waals surface area (Å²) in [5.74, 6) is 1.73. The molecule has 1 fully saturated rings. The molecule has 2 aliphatic heterocycles.